The first-order valence-electron chi connectivity index (χ1n) is 9.73. The molecular formula is C22H24N2O6. The molecule has 3 rings (SSSR count). The number of hydrogen-bond acceptors (Lipinski definition) is 5. The van der Waals surface area contributed by atoms with Gasteiger partial charge in [-0.1, -0.05) is 48.5 Å². The maximum absolute atomic E-state index is 12.0. The first-order chi connectivity index (χ1) is 14.5. The van der Waals surface area contributed by atoms with Crippen molar-refractivity contribution < 1.29 is 29.3 Å². The minimum absolute atomic E-state index is 0.00791. The topological polar surface area (TPSA) is 125 Å². The van der Waals surface area contributed by atoms with Crippen molar-refractivity contribution in [2.45, 2.75) is 24.8 Å². The van der Waals surface area contributed by atoms with Crippen LogP contribution in [-0.2, 0) is 14.3 Å². The van der Waals surface area contributed by atoms with Crippen molar-refractivity contribution in [3.8, 4) is 11.1 Å². The number of aliphatic hydroxyl groups is 1. The summed E-state index contributed by atoms with van der Waals surface area (Å²) in [6, 6.07) is 14.9. The third-order valence-corrected chi connectivity index (χ3v) is 5.02. The second-order valence-corrected chi connectivity index (χ2v) is 6.97. The molecule has 8 heteroatoms. The number of carbonyl (C=O) groups excluding carboxylic acids is 2. The summed E-state index contributed by atoms with van der Waals surface area (Å²) >= 11 is 0. The Morgan fingerprint density at radius 1 is 1.00 bits per heavy atom. The van der Waals surface area contributed by atoms with Gasteiger partial charge < -0.3 is 25.6 Å². The zero-order chi connectivity index (χ0) is 21.5. The summed E-state index contributed by atoms with van der Waals surface area (Å²) in [6.07, 6.45) is -0.824. The van der Waals surface area contributed by atoms with Crippen LogP contribution in [0.1, 0.15) is 29.9 Å². The molecule has 0 aromatic heterocycles. The lowest BCUT2D eigenvalue weighted by molar-refractivity contribution is -0.142. The molecule has 2 aromatic rings. The number of fused-ring (bicyclic) bond motifs is 3. The molecule has 158 valence electrons. The average Bonchev–Trinajstić information content (AvgIpc) is 3.06. The number of rotatable bonds is 9. The highest BCUT2D eigenvalue weighted by atomic mass is 16.5. The SMILES string of the molecule is O=C(CCNC(=O)OCC1c2ccccc2-c2ccccc21)NC(CCO)C(=O)O. The van der Waals surface area contributed by atoms with Crippen molar-refractivity contribution >= 4 is 18.0 Å². The highest BCUT2D eigenvalue weighted by molar-refractivity contribution is 5.84. The number of aliphatic carboxylic acids is 1. The normalized spacial score (nSPS) is 13.1. The standard InChI is InChI=1S/C22H24N2O6/c25-12-10-19(21(27)28)24-20(26)9-11-23-22(29)30-13-18-16-7-3-1-5-14(16)15-6-2-4-8-17(15)18/h1-8,18-19,25H,9-13H2,(H,23,29)(H,24,26)(H,27,28). The predicted octanol–water partition coefficient (Wildman–Crippen LogP) is 1.87. The predicted molar refractivity (Wildman–Crippen MR) is 109 cm³/mol. The van der Waals surface area contributed by atoms with Crippen molar-refractivity contribution in [2.75, 3.05) is 19.8 Å². The Morgan fingerprint density at radius 2 is 1.60 bits per heavy atom. The lowest BCUT2D eigenvalue weighted by Crippen LogP contribution is -2.42. The van der Waals surface area contributed by atoms with Crippen molar-refractivity contribution in [3.63, 3.8) is 0 Å². The molecule has 30 heavy (non-hydrogen) atoms. The fraction of sp³-hybridized carbons (Fsp3) is 0.318. The summed E-state index contributed by atoms with van der Waals surface area (Å²) in [6.45, 7) is -0.174. The molecule has 1 atom stereocenters. The van der Waals surface area contributed by atoms with Crippen LogP contribution in [0.25, 0.3) is 11.1 Å². The molecule has 1 aliphatic rings. The number of amides is 2. The first-order valence-corrected chi connectivity index (χ1v) is 9.73. The average molecular weight is 412 g/mol. The van der Waals surface area contributed by atoms with Gasteiger partial charge in [0, 0.05) is 31.9 Å². The zero-order valence-corrected chi connectivity index (χ0v) is 16.3. The van der Waals surface area contributed by atoms with E-state index in [1.54, 1.807) is 0 Å². The van der Waals surface area contributed by atoms with Crippen LogP contribution in [0.4, 0.5) is 4.79 Å². The van der Waals surface area contributed by atoms with Crippen molar-refractivity contribution in [2.24, 2.45) is 0 Å². The molecule has 0 heterocycles. The number of aliphatic hydroxyl groups excluding tert-OH is 1. The fourth-order valence-electron chi connectivity index (χ4n) is 3.58. The van der Waals surface area contributed by atoms with Gasteiger partial charge in [-0.2, -0.15) is 0 Å². The molecule has 0 saturated heterocycles. The van der Waals surface area contributed by atoms with Gasteiger partial charge in [0.1, 0.15) is 12.6 Å². The Hall–Kier alpha value is -3.39. The Kier molecular flexibility index (Phi) is 7.03. The van der Waals surface area contributed by atoms with Crippen LogP contribution in [0, 0.1) is 0 Å². The smallest absolute Gasteiger partial charge is 0.407 e. The van der Waals surface area contributed by atoms with Gasteiger partial charge in [-0.15, -0.1) is 0 Å². The molecule has 0 saturated carbocycles. The highest BCUT2D eigenvalue weighted by Gasteiger charge is 2.29. The van der Waals surface area contributed by atoms with Crippen LogP contribution >= 0.6 is 0 Å². The van der Waals surface area contributed by atoms with Crippen LogP contribution < -0.4 is 10.6 Å². The number of nitrogens with one attached hydrogen (secondary N) is 2. The van der Waals surface area contributed by atoms with E-state index in [0.29, 0.717) is 0 Å². The molecule has 1 aliphatic carbocycles. The van der Waals surface area contributed by atoms with Gasteiger partial charge in [-0.25, -0.2) is 9.59 Å². The number of carboxylic acid groups (broad SMARTS) is 1. The van der Waals surface area contributed by atoms with E-state index < -0.39 is 24.0 Å². The van der Waals surface area contributed by atoms with Gasteiger partial charge >= 0.3 is 12.1 Å². The van der Waals surface area contributed by atoms with Crippen LogP contribution in [0.15, 0.2) is 48.5 Å². The summed E-state index contributed by atoms with van der Waals surface area (Å²) in [7, 11) is 0. The van der Waals surface area contributed by atoms with Gasteiger partial charge in [-0.05, 0) is 22.3 Å². The molecule has 0 bridgehead atoms. The lowest BCUT2D eigenvalue weighted by Gasteiger charge is -2.15. The highest BCUT2D eigenvalue weighted by Crippen LogP contribution is 2.44. The van der Waals surface area contributed by atoms with E-state index in [4.69, 9.17) is 14.9 Å². The largest absolute Gasteiger partial charge is 0.480 e. The second-order valence-electron chi connectivity index (χ2n) is 6.97. The zero-order valence-electron chi connectivity index (χ0n) is 16.3. The number of alkyl carbamates (subject to hydrolysis) is 1. The van der Waals surface area contributed by atoms with E-state index in [0.717, 1.165) is 22.3 Å². The first kappa shape index (κ1) is 21.3. The fourth-order valence-corrected chi connectivity index (χ4v) is 3.58. The summed E-state index contributed by atoms with van der Waals surface area (Å²) in [5, 5.41) is 22.6. The van der Waals surface area contributed by atoms with E-state index in [-0.39, 0.29) is 38.5 Å². The number of benzene rings is 2. The summed E-state index contributed by atoms with van der Waals surface area (Å²) < 4.78 is 5.37. The lowest BCUT2D eigenvalue weighted by atomic mass is 9.98. The summed E-state index contributed by atoms with van der Waals surface area (Å²) in [5.74, 6) is -1.81. The van der Waals surface area contributed by atoms with E-state index in [2.05, 4.69) is 10.6 Å². The number of hydrogen-bond donors (Lipinski definition) is 4. The van der Waals surface area contributed by atoms with Crippen LogP contribution in [-0.4, -0.2) is 54.0 Å². The Labute approximate surface area is 173 Å². The third-order valence-electron chi connectivity index (χ3n) is 5.02. The monoisotopic (exact) mass is 412 g/mol. The minimum atomic E-state index is -1.22. The minimum Gasteiger partial charge on any atom is -0.480 e. The quantitative estimate of drug-likeness (QED) is 0.498. The van der Waals surface area contributed by atoms with E-state index in [1.807, 2.05) is 48.5 Å². The molecule has 2 aromatic carbocycles. The van der Waals surface area contributed by atoms with Crippen molar-refractivity contribution in [3.05, 3.63) is 59.7 Å². The van der Waals surface area contributed by atoms with Gasteiger partial charge in [0.2, 0.25) is 5.91 Å². The molecule has 4 N–H and O–H groups in total. The van der Waals surface area contributed by atoms with E-state index in [9.17, 15) is 14.4 Å². The van der Waals surface area contributed by atoms with Gasteiger partial charge in [0.05, 0.1) is 0 Å². The maximum Gasteiger partial charge on any atom is 0.407 e. The van der Waals surface area contributed by atoms with Crippen LogP contribution in [0.2, 0.25) is 0 Å². The summed E-state index contributed by atoms with van der Waals surface area (Å²) in [4.78, 5) is 34.8. The van der Waals surface area contributed by atoms with E-state index >= 15 is 0 Å². The Morgan fingerprint density at radius 3 is 2.17 bits per heavy atom. The second kappa shape index (κ2) is 9.89. The number of carbonyl (C=O) groups is 3. The molecule has 0 spiro atoms. The molecule has 2 amide bonds. The molecule has 0 aliphatic heterocycles. The van der Waals surface area contributed by atoms with Gasteiger partial charge in [0.25, 0.3) is 0 Å². The van der Waals surface area contributed by atoms with Crippen molar-refractivity contribution in [1.29, 1.82) is 0 Å². The van der Waals surface area contributed by atoms with Crippen LogP contribution in [0.5, 0.6) is 0 Å². The molecule has 0 radical (unpaired) electrons. The van der Waals surface area contributed by atoms with Gasteiger partial charge in [0.15, 0.2) is 0 Å². The Balaban J connectivity index is 1.48. The number of carboxylic acids is 1. The molecule has 8 nitrogen and oxygen atoms in total. The Bertz CT molecular complexity index is 884. The molecular weight excluding hydrogens is 388 g/mol. The van der Waals surface area contributed by atoms with E-state index in [1.165, 1.54) is 0 Å². The molecule has 1 unspecified atom stereocenters. The number of ether oxygens (including phenoxy) is 1. The molecule has 0 fully saturated rings. The third kappa shape index (κ3) is 4.96. The maximum atomic E-state index is 12.0. The van der Waals surface area contributed by atoms with Crippen LogP contribution in [0.3, 0.4) is 0 Å². The van der Waals surface area contributed by atoms with Gasteiger partial charge in [-0.3, -0.25) is 4.79 Å². The van der Waals surface area contributed by atoms with Crippen molar-refractivity contribution in [1.82, 2.24) is 10.6 Å². The summed E-state index contributed by atoms with van der Waals surface area (Å²) in [5.41, 5.74) is 4.48.